The van der Waals surface area contributed by atoms with Crippen LogP contribution in [0.1, 0.15) is 16.6 Å². The Kier molecular flexibility index (Phi) is 3.89. The minimum absolute atomic E-state index is 0.208. The van der Waals surface area contributed by atoms with Crippen LogP contribution in [-0.4, -0.2) is 9.97 Å². The van der Waals surface area contributed by atoms with Crippen LogP contribution in [0.5, 0.6) is 0 Å². The first-order chi connectivity index (χ1) is 10.1. The van der Waals surface area contributed by atoms with E-state index in [1.165, 1.54) is 0 Å². The third kappa shape index (κ3) is 2.77. The zero-order valence-corrected chi connectivity index (χ0v) is 12.9. The molecule has 0 fully saturated rings. The van der Waals surface area contributed by atoms with E-state index >= 15 is 0 Å². The first kappa shape index (κ1) is 14.4. The number of aromatic nitrogens is 2. The van der Waals surface area contributed by atoms with Gasteiger partial charge in [0, 0.05) is 10.0 Å². The Balaban J connectivity index is 2.15. The lowest BCUT2D eigenvalue weighted by atomic mass is 10.1. The van der Waals surface area contributed by atoms with Gasteiger partial charge in [0.05, 0.1) is 11.0 Å². The highest BCUT2D eigenvalue weighted by atomic mass is 35.5. The fourth-order valence-corrected chi connectivity index (χ4v) is 2.98. The topological polar surface area (TPSA) is 45.8 Å². The predicted molar refractivity (Wildman–Crippen MR) is 86.5 cm³/mol. The van der Waals surface area contributed by atoms with E-state index < -0.39 is 5.38 Å². The molecule has 0 spiro atoms. The minimum Gasteiger partial charge on any atom is -0.319 e. The number of nitrogens with one attached hydrogen (secondary N) is 1. The van der Waals surface area contributed by atoms with Gasteiger partial charge in [0.2, 0.25) is 0 Å². The highest BCUT2D eigenvalue weighted by molar-refractivity contribution is 6.36. The van der Waals surface area contributed by atoms with Gasteiger partial charge in [-0.15, -0.1) is 11.6 Å². The summed E-state index contributed by atoms with van der Waals surface area (Å²) in [6.07, 6.45) is 0. The number of benzene rings is 2. The van der Waals surface area contributed by atoms with E-state index in [0.29, 0.717) is 26.6 Å². The quantitative estimate of drug-likeness (QED) is 0.696. The molecule has 0 radical (unpaired) electrons. The summed E-state index contributed by atoms with van der Waals surface area (Å²) in [6.45, 7) is 0. The van der Waals surface area contributed by atoms with E-state index in [9.17, 15) is 4.79 Å². The third-order valence-corrected chi connectivity index (χ3v) is 4.11. The van der Waals surface area contributed by atoms with Crippen molar-refractivity contribution in [3.63, 3.8) is 0 Å². The SMILES string of the molecule is O=c1[nH]c2ccccc2nc1[C@@H](Cl)c1ccc(Cl)cc1Cl. The van der Waals surface area contributed by atoms with E-state index in [2.05, 4.69) is 9.97 Å². The summed E-state index contributed by atoms with van der Waals surface area (Å²) < 4.78 is 0. The molecule has 1 N–H and O–H groups in total. The molecule has 0 saturated carbocycles. The molecular formula is C15H9Cl3N2O. The number of fused-ring (bicyclic) bond motifs is 1. The number of alkyl halides is 1. The summed E-state index contributed by atoms with van der Waals surface area (Å²) in [6, 6.07) is 12.2. The Morgan fingerprint density at radius 1 is 1.10 bits per heavy atom. The van der Waals surface area contributed by atoms with Crippen LogP contribution >= 0.6 is 34.8 Å². The monoisotopic (exact) mass is 338 g/mol. The molecule has 21 heavy (non-hydrogen) atoms. The third-order valence-electron chi connectivity index (χ3n) is 3.10. The fourth-order valence-electron chi connectivity index (χ4n) is 2.07. The first-order valence-electron chi connectivity index (χ1n) is 6.14. The molecule has 0 aliphatic carbocycles. The molecule has 0 aliphatic rings. The maximum atomic E-state index is 12.2. The van der Waals surface area contributed by atoms with Gasteiger partial charge in [-0.2, -0.15) is 0 Å². The number of hydrogen-bond donors (Lipinski definition) is 1. The maximum Gasteiger partial charge on any atom is 0.272 e. The Morgan fingerprint density at radius 2 is 1.86 bits per heavy atom. The van der Waals surface area contributed by atoms with Crippen molar-refractivity contribution in [3.05, 3.63) is 74.1 Å². The molecule has 3 nitrogen and oxygen atoms in total. The van der Waals surface area contributed by atoms with Gasteiger partial charge in [0.1, 0.15) is 11.1 Å². The number of H-pyrrole nitrogens is 1. The predicted octanol–water partition coefficient (Wildman–Crippen LogP) is 4.56. The Hall–Kier alpha value is -1.55. The molecule has 3 aromatic rings. The molecule has 2 aromatic carbocycles. The molecule has 3 rings (SSSR count). The number of para-hydroxylation sites is 2. The average Bonchev–Trinajstić information content (AvgIpc) is 2.46. The molecule has 0 bridgehead atoms. The molecule has 1 heterocycles. The zero-order valence-electron chi connectivity index (χ0n) is 10.6. The van der Waals surface area contributed by atoms with Gasteiger partial charge >= 0.3 is 0 Å². The first-order valence-corrected chi connectivity index (χ1v) is 7.33. The number of rotatable bonds is 2. The second-order valence-corrected chi connectivity index (χ2v) is 5.78. The van der Waals surface area contributed by atoms with Crippen LogP contribution in [0.15, 0.2) is 47.3 Å². The highest BCUT2D eigenvalue weighted by Crippen LogP contribution is 2.33. The smallest absolute Gasteiger partial charge is 0.272 e. The molecule has 0 amide bonds. The standard InChI is InChI=1S/C15H9Cl3N2O/c16-8-5-6-9(10(17)7-8)13(18)14-15(21)20-12-4-2-1-3-11(12)19-14/h1-7,13H,(H,20,21)/t13-/m0/s1. The van der Waals surface area contributed by atoms with Crippen molar-refractivity contribution < 1.29 is 0 Å². The Labute approximate surface area is 135 Å². The van der Waals surface area contributed by atoms with Gasteiger partial charge < -0.3 is 4.98 Å². The number of hydrogen-bond acceptors (Lipinski definition) is 2. The summed E-state index contributed by atoms with van der Waals surface area (Å²) in [5.41, 5.74) is 1.80. The molecule has 6 heteroatoms. The second kappa shape index (κ2) is 5.68. The summed E-state index contributed by atoms with van der Waals surface area (Å²) in [7, 11) is 0. The summed E-state index contributed by atoms with van der Waals surface area (Å²) in [5.74, 6) is 0. The normalized spacial score (nSPS) is 12.5. The van der Waals surface area contributed by atoms with Gasteiger partial charge in [-0.3, -0.25) is 4.79 Å². The molecule has 1 atom stereocenters. The second-order valence-electron chi connectivity index (χ2n) is 4.50. The van der Waals surface area contributed by atoms with Gasteiger partial charge in [-0.1, -0.05) is 41.4 Å². The number of halogens is 3. The molecule has 106 valence electrons. The van der Waals surface area contributed by atoms with Crippen molar-refractivity contribution in [2.24, 2.45) is 0 Å². The summed E-state index contributed by atoms with van der Waals surface area (Å²) >= 11 is 18.4. The molecular weight excluding hydrogens is 331 g/mol. The van der Waals surface area contributed by atoms with Crippen LogP contribution in [0.2, 0.25) is 10.0 Å². The van der Waals surface area contributed by atoms with Crippen molar-refractivity contribution in [2.45, 2.75) is 5.38 Å². The van der Waals surface area contributed by atoms with E-state index in [1.54, 1.807) is 24.3 Å². The van der Waals surface area contributed by atoms with Gasteiger partial charge in [0.15, 0.2) is 0 Å². The van der Waals surface area contributed by atoms with Gasteiger partial charge in [-0.05, 0) is 29.8 Å². The number of aromatic amines is 1. The van der Waals surface area contributed by atoms with Crippen molar-refractivity contribution in [3.8, 4) is 0 Å². The van der Waals surface area contributed by atoms with Crippen LogP contribution in [0.4, 0.5) is 0 Å². The van der Waals surface area contributed by atoms with Gasteiger partial charge in [0.25, 0.3) is 5.56 Å². The largest absolute Gasteiger partial charge is 0.319 e. The summed E-state index contributed by atoms with van der Waals surface area (Å²) in [5, 5.41) is 0.160. The Morgan fingerprint density at radius 3 is 2.62 bits per heavy atom. The van der Waals surface area contributed by atoms with Crippen molar-refractivity contribution in [1.82, 2.24) is 9.97 Å². The Bertz CT molecular complexity index is 876. The average molecular weight is 340 g/mol. The maximum absolute atomic E-state index is 12.2. The van der Waals surface area contributed by atoms with E-state index in [0.717, 1.165) is 0 Å². The van der Waals surface area contributed by atoms with Crippen LogP contribution in [0.25, 0.3) is 11.0 Å². The summed E-state index contributed by atoms with van der Waals surface area (Å²) in [4.78, 5) is 19.3. The van der Waals surface area contributed by atoms with Crippen LogP contribution in [0, 0.1) is 0 Å². The van der Waals surface area contributed by atoms with E-state index in [1.807, 2.05) is 18.2 Å². The van der Waals surface area contributed by atoms with Crippen molar-refractivity contribution >= 4 is 45.8 Å². The zero-order chi connectivity index (χ0) is 15.0. The lowest BCUT2D eigenvalue weighted by Gasteiger charge is -2.11. The number of nitrogens with zero attached hydrogens (tertiary/aromatic N) is 1. The molecule has 0 unspecified atom stereocenters. The molecule has 0 aliphatic heterocycles. The lowest BCUT2D eigenvalue weighted by molar-refractivity contribution is 0.999. The van der Waals surface area contributed by atoms with E-state index in [-0.39, 0.29) is 11.3 Å². The van der Waals surface area contributed by atoms with Crippen molar-refractivity contribution in [1.29, 1.82) is 0 Å². The molecule has 1 aromatic heterocycles. The fraction of sp³-hybridized carbons (Fsp3) is 0.0667. The highest BCUT2D eigenvalue weighted by Gasteiger charge is 2.19. The van der Waals surface area contributed by atoms with Crippen LogP contribution in [-0.2, 0) is 0 Å². The van der Waals surface area contributed by atoms with Crippen LogP contribution < -0.4 is 5.56 Å². The van der Waals surface area contributed by atoms with E-state index in [4.69, 9.17) is 34.8 Å². The van der Waals surface area contributed by atoms with Crippen LogP contribution in [0.3, 0.4) is 0 Å². The molecule has 0 saturated heterocycles. The minimum atomic E-state index is -0.747. The van der Waals surface area contributed by atoms with Crippen molar-refractivity contribution in [2.75, 3.05) is 0 Å². The lowest BCUT2D eigenvalue weighted by Crippen LogP contribution is -2.17. The van der Waals surface area contributed by atoms with Gasteiger partial charge in [-0.25, -0.2) is 4.98 Å².